The van der Waals surface area contributed by atoms with E-state index in [1.165, 1.54) is 0 Å². The van der Waals surface area contributed by atoms with Gasteiger partial charge in [0.05, 0.1) is 13.7 Å². The molecule has 5 heteroatoms. The third kappa shape index (κ3) is 4.22. The second-order valence-electron chi connectivity index (χ2n) is 6.40. The quantitative estimate of drug-likeness (QED) is 0.555. The van der Waals surface area contributed by atoms with Crippen LogP contribution in [0, 0.1) is 5.92 Å². The summed E-state index contributed by atoms with van der Waals surface area (Å²) in [6.07, 6.45) is 2.08. The Labute approximate surface area is 163 Å². The smallest absolute Gasteiger partial charge is 0.317 e. The number of methoxy groups -OCH3 is 1. The van der Waals surface area contributed by atoms with Gasteiger partial charge in [-0.2, -0.15) is 0 Å². The van der Waals surface area contributed by atoms with Crippen LogP contribution in [0.25, 0.3) is 5.57 Å². The summed E-state index contributed by atoms with van der Waals surface area (Å²) in [5.41, 5.74) is 2.61. The fourth-order valence-electron chi connectivity index (χ4n) is 3.46. The van der Waals surface area contributed by atoms with Gasteiger partial charge in [-0.3, -0.25) is 9.59 Å². The van der Waals surface area contributed by atoms with Crippen LogP contribution in [0.15, 0.2) is 54.6 Å². The summed E-state index contributed by atoms with van der Waals surface area (Å²) >= 11 is 6.15. The van der Waals surface area contributed by atoms with Crippen LogP contribution >= 0.6 is 11.6 Å². The van der Waals surface area contributed by atoms with Crippen molar-refractivity contribution in [1.82, 2.24) is 0 Å². The SMILES string of the molecule is CCOC(=O)[C@H]1C(=O)C=C(c2cccc(OC)c2)C[C@@H]1c1cccc(Cl)c1. The average molecular weight is 385 g/mol. The molecule has 2 atom stereocenters. The Morgan fingerprint density at radius 1 is 1.19 bits per heavy atom. The summed E-state index contributed by atoms with van der Waals surface area (Å²) in [5, 5.41) is 0.569. The summed E-state index contributed by atoms with van der Waals surface area (Å²) < 4.78 is 10.5. The first-order chi connectivity index (χ1) is 13.0. The molecule has 0 aliphatic heterocycles. The van der Waals surface area contributed by atoms with Crippen molar-refractivity contribution >= 4 is 28.9 Å². The van der Waals surface area contributed by atoms with Crippen molar-refractivity contribution in [3.05, 3.63) is 70.8 Å². The van der Waals surface area contributed by atoms with E-state index in [4.69, 9.17) is 21.1 Å². The van der Waals surface area contributed by atoms with Gasteiger partial charge in [0.15, 0.2) is 5.78 Å². The van der Waals surface area contributed by atoms with E-state index in [1.54, 1.807) is 32.2 Å². The predicted molar refractivity (Wildman–Crippen MR) is 105 cm³/mol. The predicted octanol–water partition coefficient (Wildman–Crippen LogP) is 4.67. The molecule has 0 N–H and O–H groups in total. The molecule has 4 nitrogen and oxygen atoms in total. The van der Waals surface area contributed by atoms with E-state index in [0.717, 1.165) is 16.7 Å². The number of esters is 1. The van der Waals surface area contributed by atoms with Gasteiger partial charge in [-0.1, -0.05) is 35.9 Å². The lowest BCUT2D eigenvalue weighted by atomic mass is 9.73. The molecule has 0 amide bonds. The van der Waals surface area contributed by atoms with Gasteiger partial charge in [-0.05, 0) is 60.4 Å². The number of rotatable bonds is 5. The minimum atomic E-state index is -0.863. The van der Waals surface area contributed by atoms with Gasteiger partial charge < -0.3 is 9.47 Å². The number of hydrogen-bond donors (Lipinski definition) is 0. The molecule has 1 aliphatic rings. The maximum absolute atomic E-state index is 12.9. The van der Waals surface area contributed by atoms with Crippen LogP contribution in [-0.2, 0) is 14.3 Å². The minimum absolute atomic E-state index is 0.233. The number of carbonyl (C=O) groups is 2. The Hall–Kier alpha value is -2.59. The van der Waals surface area contributed by atoms with Crippen molar-refractivity contribution in [3.8, 4) is 5.75 Å². The Kier molecular flexibility index (Phi) is 5.97. The standard InChI is InChI=1S/C22H21ClO4/c1-3-27-22(25)21-19(15-7-4-8-17(23)10-15)12-16(13-20(21)24)14-6-5-9-18(11-14)26-2/h4-11,13,19,21H,3,12H2,1-2H3/t19-,21-/m1/s1. The topological polar surface area (TPSA) is 52.6 Å². The largest absolute Gasteiger partial charge is 0.497 e. The summed E-state index contributed by atoms with van der Waals surface area (Å²) in [6, 6.07) is 14.8. The first-order valence-electron chi connectivity index (χ1n) is 8.84. The minimum Gasteiger partial charge on any atom is -0.497 e. The molecule has 0 saturated heterocycles. The molecular formula is C22H21ClO4. The van der Waals surface area contributed by atoms with E-state index >= 15 is 0 Å². The summed E-state index contributed by atoms with van der Waals surface area (Å²) in [4.78, 5) is 25.4. The lowest BCUT2D eigenvalue weighted by Gasteiger charge is -2.29. The molecule has 0 bridgehead atoms. The molecule has 0 saturated carbocycles. The lowest BCUT2D eigenvalue weighted by Crippen LogP contribution is -2.34. The van der Waals surface area contributed by atoms with Gasteiger partial charge in [-0.25, -0.2) is 0 Å². The molecule has 0 aromatic heterocycles. The molecular weight excluding hydrogens is 364 g/mol. The van der Waals surface area contributed by atoms with E-state index in [-0.39, 0.29) is 18.3 Å². The third-order valence-electron chi connectivity index (χ3n) is 4.72. The average Bonchev–Trinajstić information content (AvgIpc) is 2.67. The second kappa shape index (κ2) is 8.40. The summed E-state index contributed by atoms with van der Waals surface area (Å²) in [7, 11) is 1.60. The van der Waals surface area contributed by atoms with Gasteiger partial charge >= 0.3 is 5.97 Å². The highest BCUT2D eigenvalue weighted by Gasteiger charge is 2.39. The maximum Gasteiger partial charge on any atom is 0.317 e. The molecule has 3 rings (SSSR count). The normalized spacial score (nSPS) is 19.4. The van der Waals surface area contributed by atoms with Crippen molar-refractivity contribution in [2.75, 3.05) is 13.7 Å². The van der Waals surface area contributed by atoms with Gasteiger partial charge in [0.25, 0.3) is 0 Å². The number of ketones is 1. The van der Waals surface area contributed by atoms with Gasteiger partial charge in [0.2, 0.25) is 0 Å². The number of hydrogen-bond acceptors (Lipinski definition) is 4. The zero-order valence-corrected chi connectivity index (χ0v) is 16.0. The Bertz CT molecular complexity index is 887. The lowest BCUT2D eigenvalue weighted by molar-refractivity contribution is -0.151. The van der Waals surface area contributed by atoms with Crippen LogP contribution in [0.4, 0.5) is 0 Å². The zero-order valence-electron chi connectivity index (χ0n) is 15.3. The van der Waals surface area contributed by atoms with Crippen LogP contribution in [0.5, 0.6) is 5.75 Å². The number of carbonyl (C=O) groups excluding carboxylic acids is 2. The number of halogens is 1. The van der Waals surface area contributed by atoms with E-state index in [1.807, 2.05) is 36.4 Å². The van der Waals surface area contributed by atoms with Gasteiger partial charge in [0, 0.05) is 10.9 Å². The molecule has 0 radical (unpaired) electrons. The maximum atomic E-state index is 12.9. The van der Waals surface area contributed by atoms with E-state index in [2.05, 4.69) is 0 Å². The molecule has 0 heterocycles. The monoisotopic (exact) mass is 384 g/mol. The molecule has 0 fully saturated rings. The van der Waals surface area contributed by atoms with Gasteiger partial charge in [0.1, 0.15) is 11.7 Å². The Morgan fingerprint density at radius 2 is 1.96 bits per heavy atom. The van der Waals surface area contributed by atoms with E-state index in [0.29, 0.717) is 17.2 Å². The summed E-state index contributed by atoms with van der Waals surface area (Å²) in [5.74, 6) is -1.22. The van der Waals surface area contributed by atoms with E-state index < -0.39 is 11.9 Å². The molecule has 2 aromatic carbocycles. The molecule has 0 unspecified atom stereocenters. The van der Waals surface area contributed by atoms with Crippen molar-refractivity contribution in [2.45, 2.75) is 19.3 Å². The molecule has 1 aliphatic carbocycles. The highest BCUT2D eigenvalue weighted by Crippen LogP contribution is 2.41. The van der Waals surface area contributed by atoms with Crippen molar-refractivity contribution in [1.29, 1.82) is 0 Å². The number of allylic oxidation sites excluding steroid dienone is 2. The highest BCUT2D eigenvalue weighted by molar-refractivity contribution is 6.30. The van der Waals surface area contributed by atoms with Crippen LogP contribution in [0.2, 0.25) is 5.02 Å². The van der Waals surface area contributed by atoms with Crippen LogP contribution in [0.3, 0.4) is 0 Å². The summed E-state index contributed by atoms with van der Waals surface area (Å²) in [6.45, 7) is 1.97. The van der Waals surface area contributed by atoms with Crippen molar-refractivity contribution in [2.24, 2.45) is 5.92 Å². The van der Waals surface area contributed by atoms with Crippen molar-refractivity contribution in [3.63, 3.8) is 0 Å². The van der Waals surface area contributed by atoms with Crippen LogP contribution in [-0.4, -0.2) is 25.5 Å². The second-order valence-corrected chi connectivity index (χ2v) is 6.84. The van der Waals surface area contributed by atoms with Crippen LogP contribution < -0.4 is 4.74 Å². The zero-order chi connectivity index (χ0) is 19.4. The first kappa shape index (κ1) is 19.2. The van der Waals surface area contributed by atoms with E-state index in [9.17, 15) is 9.59 Å². The highest BCUT2D eigenvalue weighted by atomic mass is 35.5. The van der Waals surface area contributed by atoms with Gasteiger partial charge in [-0.15, -0.1) is 0 Å². The number of benzene rings is 2. The first-order valence-corrected chi connectivity index (χ1v) is 9.22. The number of ether oxygens (including phenoxy) is 2. The van der Waals surface area contributed by atoms with Crippen LogP contribution in [0.1, 0.15) is 30.4 Å². The molecule has 2 aromatic rings. The van der Waals surface area contributed by atoms with Crippen molar-refractivity contribution < 1.29 is 19.1 Å². The Balaban J connectivity index is 2.03. The molecule has 140 valence electrons. The molecule has 0 spiro atoms. The fourth-order valence-corrected chi connectivity index (χ4v) is 3.66. The molecule has 27 heavy (non-hydrogen) atoms. The Morgan fingerprint density at radius 3 is 2.67 bits per heavy atom. The third-order valence-corrected chi connectivity index (χ3v) is 4.96. The fraction of sp³-hybridized carbons (Fsp3) is 0.273.